The fraction of sp³-hybridized carbons (Fsp3) is 0.500. The smallest absolute Gasteiger partial charge is 0.409 e. The van der Waals surface area contributed by atoms with E-state index in [9.17, 15) is 13.2 Å². The van der Waals surface area contributed by atoms with Crippen LogP contribution >= 0.6 is 0 Å². The van der Waals surface area contributed by atoms with Crippen LogP contribution in [0, 0.1) is 5.92 Å². The Morgan fingerprint density at radius 2 is 2.20 bits per heavy atom. The van der Waals surface area contributed by atoms with Crippen LogP contribution in [-0.4, -0.2) is 29.1 Å². The highest BCUT2D eigenvalue weighted by molar-refractivity contribution is 5.82. The first-order chi connectivity index (χ1) is 9.29. The molecule has 3 N–H and O–H groups in total. The van der Waals surface area contributed by atoms with E-state index in [-0.39, 0.29) is 17.6 Å². The van der Waals surface area contributed by atoms with Crippen molar-refractivity contribution in [1.29, 1.82) is 0 Å². The van der Waals surface area contributed by atoms with Crippen LogP contribution in [0.4, 0.5) is 19.0 Å². The summed E-state index contributed by atoms with van der Waals surface area (Å²) in [5, 5.41) is 11.5. The van der Waals surface area contributed by atoms with Crippen LogP contribution in [0.3, 0.4) is 0 Å². The van der Waals surface area contributed by atoms with E-state index in [1.165, 1.54) is 0 Å². The molecule has 0 spiro atoms. The Labute approximate surface area is 114 Å². The van der Waals surface area contributed by atoms with Crippen LogP contribution in [-0.2, 0) is 6.18 Å². The summed E-state index contributed by atoms with van der Waals surface area (Å²) < 4.78 is 38.0. The van der Waals surface area contributed by atoms with Crippen molar-refractivity contribution >= 4 is 11.7 Å². The molecule has 0 aliphatic heterocycles. The normalized spacial score (nSPS) is 14.2. The number of aromatic nitrogens is 1. The molecule has 5 nitrogen and oxygen atoms in total. The number of hydrogen-bond acceptors (Lipinski definition) is 4. The average molecular weight is 290 g/mol. The third-order valence-electron chi connectivity index (χ3n) is 2.89. The largest absolute Gasteiger partial charge is 0.416 e. The van der Waals surface area contributed by atoms with Gasteiger partial charge in [0.15, 0.2) is 0 Å². The van der Waals surface area contributed by atoms with Crippen LogP contribution in [0.15, 0.2) is 23.5 Å². The Balaban J connectivity index is 2.96. The fourth-order valence-corrected chi connectivity index (χ4v) is 1.67. The monoisotopic (exact) mass is 290 g/mol. The van der Waals surface area contributed by atoms with Crippen molar-refractivity contribution in [1.82, 2.24) is 4.98 Å². The highest BCUT2D eigenvalue weighted by atomic mass is 19.4. The van der Waals surface area contributed by atoms with Gasteiger partial charge in [0.25, 0.3) is 0 Å². The fourth-order valence-electron chi connectivity index (χ4n) is 1.67. The van der Waals surface area contributed by atoms with E-state index in [1.807, 2.05) is 0 Å². The zero-order chi connectivity index (χ0) is 15.3. The van der Waals surface area contributed by atoms with E-state index in [0.29, 0.717) is 13.1 Å². The molecule has 1 rings (SSSR count). The Morgan fingerprint density at radius 1 is 1.55 bits per heavy atom. The molecule has 1 heterocycles. The summed E-state index contributed by atoms with van der Waals surface area (Å²) in [5.74, 6) is -0.0772. The molecule has 0 bridgehead atoms. The van der Waals surface area contributed by atoms with Gasteiger partial charge in [-0.2, -0.15) is 13.2 Å². The third kappa shape index (κ3) is 4.01. The minimum atomic E-state index is -4.41. The van der Waals surface area contributed by atoms with E-state index in [4.69, 9.17) is 10.9 Å². The summed E-state index contributed by atoms with van der Waals surface area (Å²) in [4.78, 5) is 5.58. The van der Waals surface area contributed by atoms with Gasteiger partial charge in [-0.3, -0.25) is 0 Å². The van der Waals surface area contributed by atoms with Gasteiger partial charge in [-0.1, -0.05) is 12.1 Å². The average Bonchev–Trinajstić information content (AvgIpc) is 2.42. The predicted octanol–water partition coefficient (Wildman–Crippen LogP) is 2.31. The lowest BCUT2D eigenvalue weighted by atomic mass is 10.1. The van der Waals surface area contributed by atoms with Gasteiger partial charge in [0.05, 0.1) is 5.56 Å². The summed E-state index contributed by atoms with van der Waals surface area (Å²) in [7, 11) is 0. The second-order valence-corrected chi connectivity index (χ2v) is 4.37. The van der Waals surface area contributed by atoms with Gasteiger partial charge in [-0.05, 0) is 19.1 Å². The number of halogens is 3. The van der Waals surface area contributed by atoms with Gasteiger partial charge >= 0.3 is 6.18 Å². The number of anilines is 1. The summed E-state index contributed by atoms with van der Waals surface area (Å²) in [6, 6.07) is 1.91. The first kappa shape index (κ1) is 16.1. The van der Waals surface area contributed by atoms with Gasteiger partial charge < -0.3 is 15.8 Å². The lowest BCUT2D eigenvalue weighted by Crippen LogP contribution is -2.35. The van der Waals surface area contributed by atoms with Gasteiger partial charge in [0.2, 0.25) is 0 Å². The maximum atomic E-state index is 12.7. The van der Waals surface area contributed by atoms with E-state index in [2.05, 4.69) is 10.1 Å². The molecule has 0 aromatic carbocycles. The minimum absolute atomic E-state index is 0.0235. The van der Waals surface area contributed by atoms with Crippen molar-refractivity contribution in [2.24, 2.45) is 16.8 Å². The Morgan fingerprint density at radius 3 is 2.70 bits per heavy atom. The number of pyridine rings is 1. The maximum absolute atomic E-state index is 12.7. The molecule has 0 aliphatic carbocycles. The zero-order valence-electron chi connectivity index (χ0n) is 11.2. The lowest BCUT2D eigenvalue weighted by molar-refractivity contribution is -0.137. The Kier molecular flexibility index (Phi) is 5.18. The van der Waals surface area contributed by atoms with E-state index >= 15 is 0 Å². The number of alkyl halides is 3. The first-order valence-corrected chi connectivity index (χ1v) is 6.05. The number of nitrogens with zero attached hydrogens (tertiary/aromatic N) is 3. The SMILES string of the molecule is CCN(CC(C)C(N)=NO)c1cc(C(F)(F)F)ccn1. The van der Waals surface area contributed by atoms with E-state index < -0.39 is 11.7 Å². The molecule has 0 fully saturated rings. The molecule has 8 heteroatoms. The minimum Gasteiger partial charge on any atom is -0.409 e. The van der Waals surface area contributed by atoms with Gasteiger partial charge in [0, 0.05) is 25.2 Å². The molecule has 1 aromatic heterocycles. The molecule has 0 saturated heterocycles. The molecular weight excluding hydrogens is 273 g/mol. The second-order valence-electron chi connectivity index (χ2n) is 4.37. The molecule has 0 aliphatic rings. The number of nitrogens with two attached hydrogens (primary N) is 1. The van der Waals surface area contributed by atoms with Crippen LogP contribution in [0.25, 0.3) is 0 Å². The Hall–Kier alpha value is -1.99. The Bertz CT molecular complexity index is 476. The molecule has 0 saturated carbocycles. The van der Waals surface area contributed by atoms with Gasteiger partial charge in [0.1, 0.15) is 11.7 Å². The molecule has 1 aromatic rings. The van der Waals surface area contributed by atoms with Crippen LogP contribution in [0.2, 0.25) is 0 Å². The highest BCUT2D eigenvalue weighted by Gasteiger charge is 2.31. The summed E-state index contributed by atoms with van der Waals surface area (Å²) in [5.41, 5.74) is 4.72. The number of hydrogen-bond donors (Lipinski definition) is 2. The number of rotatable bonds is 5. The molecule has 112 valence electrons. The molecule has 1 unspecified atom stereocenters. The van der Waals surface area contributed by atoms with Crippen molar-refractivity contribution in [2.75, 3.05) is 18.0 Å². The standard InChI is InChI=1S/C12H17F3N4O/c1-3-19(7-8(2)11(16)18-20)10-6-9(4-5-17-10)12(13,14)15/h4-6,8,20H,3,7H2,1-2H3,(H2,16,18). The number of amidine groups is 1. The van der Waals surface area contributed by atoms with Crippen molar-refractivity contribution in [2.45, 2.75) is 20.0 Å². The summed E-state index contributed by atoms with van der Waals surface area (Å²) in [6.07, 6.45) is -3.29. The summed E-state index contributed by atoms with van der Waals surface area (Å²) >= 11 is 0. The van der Waals surface area contributed by atoms with Crippen LogP contribution in [0.1, 0.15) is 19.4 Å². The second kappa shape index (κ2) is 6.44. The molecular formula is C12H17F3N4O. The molecule has 20 heavy (non-hydrogen) atoms. The van der Waals surface area contributed by atoms with Crippen LogP contribution < -0.4 is 10.6 Å². The predicted molar refractivity (Wildman–Crippen MR) is 69.7 cm³/mol. The van der Waals surface area contributed by atoms with Crippen molar-refractivity contribution in [3.63, 3.8) is 0 Å². The molecule has 1 atom stereocenters. The summed E-state index contributed by atoms with van der Waals surface area (Å²) in [6.45, 7) is 4.27. The topological polar surface area (TPSA) is 74.7 Å². The number of oxime groups is 1. The van der Waals surface area contributed by atoms with Crippen molar-refractivity contribution in [3.05, 3.63) is 23.9 Å². The molecule has 0 amide bonds. The zero-order valence-corrected chi connectivity index (χ0v) is 11.2. The molecule has 0 radical (unpaired) electrons. The quantitative estimate of drug-likeness (QED) is 0.378. The maximum Gasteiger partial charge on any atom is 0.416 e. The lowest BCUT2D eigenvalue weighted by Gasteiger charge is -2.25. The van der Waals surface area contributed by atoms with E-state index in [1.54, 1.807) is 18.7 Å². The highest BCUT2D eigenvalue weighted by Crippen LogP contribution is 2.30. The van der Waals surface area contributed by atoms with E-state index in [0.717, 1.165) is 18.3 Å². The van der Waals surface area contributed by atoms with Crippen molar-refractivity contribution < 1.29 is 18.4 Å². The van der Waals surface area contributed by atoms with Crippen molar-refractivity contribution in [3.8, 4) is 0 Å². The van der Waals surface area contributed by atoms with Gasteiger partial charge in [-0.25, -0.2) is 4.98 Å². The third-order valence-corrected chi connectivity index (χ3v) is 2.89. The van der Waals surface area contributed by atoms with Gasteiger partial charge in [-0.15, -0.1) is 0 Å². The van der Waals surface area contributed by atoms with Crippen LogP contribution in [0.5, 0.6) is 0 Å². The first-order valence-electron chi connectivity index (χ1n) is 6.05.